The van der Waals surface area contributed by atoms with E-state index >= 15 is 0 Å². The molecule has 0 amide bonds. The molecule has 2 N–H and O–H groups in total. The van der Waals surface area contributed by atoms with Crippen molar-refractivity contribution in [2.45, 2.75) is 33.5 Å². The minimum atomic E-state index is 0. The number of aromatic nitrogens is 2. The van der Waals surface area contributed by atoms with Crippen LogP contribution in [-0.2, 0) is 24.4 Å². The van der Waals surface area contributed by atoms with E-state index in [0.717, 1.165) is 29.4 Å². The first kappa shape index (κ1) is 26.7. The van der Waals surface area contributed by atoms with Gasteiger partial charge < -0.3 is 20.1 Å². The van der Waals surface area contributed by atoms with Gasteiger partial charge in [-0.2, -0.15) is 5.10 Å². The van der Waals surface area contributed by atoms with Crippen LogP contribution in [0, 0.1) is 6.92 Å². The Balaban J connectivity index is 0.00000385. The topological polar surface area (TPSA) is 72.7 Å². The van der Waals surface area contributed by atoms with Crippen molar-refractivity contribution in [1.29, 1.82) is 0 Å². The quantitative estimate of drug-likeness (QED) is 0.159. The Labute approximate surface area is 213 Å². The van der Waals surface area contributed by atoms with Crippen LogP contribution in [0.3, 0.4) is 0 Å². The second kappa shape index (κ2) is 14.5. The molecule has 3 rings (SSSR count). The van der Waals surface area contributed by atoms with Crippen molar-refractivity contribution in [2.24, 2.45) is 4.99 Å². The summed E-state index contributed by atoms with van der Waals surface area (Å²) in [5, 5.41) is 11.0. The Bertz CT molecular complexity index is 992. The number of aliphatic imine (C=N–C) groups is 1. The number of ether oxygens (including phenoxy) is 2. The third kappa shape index (κ3) is 9.05. The molecule has 0 atom stereocenters. The van der Waals surface area contributed by atoms with Gasteiger partial charge in [0.05, 0.1) is 13.2 Å². The normalized spacial score (nSPS) is 11.1. The molecule has 178 valence electrons. The van der Waals surface area contributed by atoms with Crippen LogP contribution in [0.2, 0.25) is 0 Å². The molecular weight excluding hydrogens is 529 g/mol. The number of guanidine groups is 1. The molecule has 2 aromatic carbocycles. The molecule has 1 heterocycles. The molecule has 0 aliphatic rings. The van der Waals surface area contributed by atoms with Gasteiger partial charge in [0.1, 0.15) is 12.4 Å². The lowest BCUT2D eigenvalue weighted by molar-refractivity contribution is 0.110. The van der Waals surface area contributed by atoms with E-state index < -0.39 is 0 Å². The number of hydrogen-bond donors (Lipinski definition) is 2. The predicted molar refractivity (Wildman–Crippen MR) is 143 cm³/mol. The number of rotatable bonds is 11. The molecule has 33 heavy (non-hydrogen) atoms. The van der Waals surface area contributed by atoms with Gasteiger partial charge in [0, 0.05) is 44.7 Å². The van der Waals surface area contributed by atoms with E-state index in [-0.39, 0.29) is 24.0 Å². The fourth-order valence-corrected chi connectivity index (χ4v) is 3.30. The molecule has 7 nitrogen and oxygen atoms in total. The summed E-state index contributed by atoms with van der Waals surface area (Å²) in [7, 11) is 1.78. The zero-order chi connectivity index (χ0) is 22.6. The van der Waals surface area contributed by atoms with E-state index in [1.807, 2.05) is 23.9 Å². The van der Waals surface area contributed by atoms with Crippen LogP contribution in [-0.4, -0.2) is 42.6 Å². The summed E-state index contributed by atoms with van der Waals surface area (Å²) in [5.74, 6) is 1.61. The maximum Gasteiger partial charge on any atom is 0.191 e. The van der Waals surface area contributed by atoms with Crippen LogP contribution in [0.15, 0.2) is 65.9 Å². The molecule has 0 aliphatic carbocycles. The average Bonchev–Trinajstić information content (AvgIpc) is 3.31. The highest BCUT2D eigenvalue weighted by atomic mass is 127. The molecular formula is C25H34IN5O2. The summed E-state index contributed by atoms with van der Waals surface area (Å²) in [6, 6.07) is 16.7. The van der Waals surface area contributed by atoms with Crippen molar-refractivity contribution >= 4 is 29.9 Å². The summed E-state index contributed by atoms with van der Waals surface area (Å²) >= 11 is 0. The largest absolute Gasteiger partial charge is 0.491 e. The Morgan fingerprint density at radius 1 is 1.03 bits per heavy atom. The number of nitrogens with zero attached hydrogens (tertiary/aromatic N) is 3. The highest BCUT2D eigenvalue weighted by Gasteiger charge is 2.07. The lowest BCUT2D eigenvalue weighted by Gasteiger charge is -2.16. The number of hydrogen-bond acceptors (Lipinski definition) is 4. The molecule has 0 unspecified atom stereocenters. The van der Waals surface area contributed by atoms with Gasteiger partial charge in [-0.15, -0.1) is 24.0 Å². The van der Waals surface area contributed by atoms with Crippen molar-refractivity contribution in [2.75, 3.05) is 26.9 Å². The standard InChI is InChI=1S/C25H33N5O2.HI/c1-4-31-13-14-32-24-15-20(2)9-10-23(24)18-28-25(26-3)27-17-21-7-5-8-22(16-21)19-30-12-6-11-29-30;/h5-12,15-16H,4,13-14,17-19H2,1-3H3,(H2,26,27,28);1H. The fourth-order valence-electron chi connectivity index (χ4n) is 3.30. The molecule has 0 fully saturated rings. The molecule has 0 spiro atoms. The second-order valence-electron chi connectivity index (χ2n) is 7.46. The Kier molecular flexibility index (Phi) is 11.7. The number of halogens is 1. The minimum Gasteiger partial charge on any atom is -0.491 e. The molecule has 8 heteroatoms. The summed E-state index contributed by atoms with van der Waals surface area (Å²) in [4.78, 5) is 4.35. The SMILES string of the molecule is CCOCCOc1cc(C)ccc1CNC(=NC)NCc1cccc(Cn2cccn2)c1.I. The lowest BCUT2D eigenvalue weighted by Crippen LogP contribution is -2.36. The molecule has 3 aromatic rings. The van der Waals surface area contributed by atoms with Gasteiger partial charge in [-0.1, -0.05) is 36.4 Å². The van der Waals surface area contributed by atoms with Crippen LogP contribution in [0.4, 0.5) is 0 Å². The van der Waals surface area contributed by atoms with E-state index in [1.165, 1.54) is 11.1 Å². The summed E-state index contributed by atoms with van der Waals surface area (Å²) in [5.41, 5.74) is 4.64. The molecule has 0 saturated heterocycles. The summed E-state index contributed by atoms with van der Waals surface area (Å²) < 4.78 is 13.2. The lowest BCUT2D eigenvalue weighted by atomic mass is 10.1. The van der Waals surface area contributed by atoms with E-state index in [2.05, 4.69) is 70.1 Å². The first-order chi connectivity index (χ1) is 15.7. The van der Waals surface area contributed by atoms with Gasteiger partial charge in [-0.25, -0.2) is 0 Å². The van der Waals surface area contributed by atoms with E-state index in [1.54, 1.807) is 13.2 Å². The maximum atomic E-state index is 5.94. The van der Waals surface area contributed by atoms with E-state index in [0.29, 0.717) is 32.9 Å². The molecule has 1 aromatic heterocycles. The monoisotopic (exact) mass is 563 g/mol. The van der Waals surface area contributed by atoms with Gasteiger partial charge in [0.25, 0.3) is 0 Å². The molecule has 0 aliphatic heterocycles. The number of nitrogens with one attached hydrogen (secondary N) is 2. The third-order valence-corrected chi connectivity index (χ3v) is 4.94. The van der Waals surface area contributed by atoms with Crippen LogP contribution >= 0.6 is 24.0 Å². The first-order valence-corrected chi connectivity index (χ1v) is 11.0. The fraction of sp³-hybridized carbons (Fsp3) is 0.360. The highest BCUT2D eigenvalue weighted by molar-refractivity contribution is 14.0. The smallest absolute Gasteiger partial charge is 0.191 e. The molecule has 0 saturated carbocycles. The minimum absolute atomic E-state index is 0. The van der Waals surface area contributed by atoms with Crippen molar-refractivity contribution in [1.82, 2.24) is 20.4 Å². The molecule has 0 radical (unpaired) electrons. The van der Waals surface area contributed by atoms with Gasteiger partial charge >= 0.3 is 0 Å². The van der Waals surface area contributed by atoms with Crippen LogP contribution in [0.1, 0.15) is 29.2 Å². The van der Waals surface area contributed by atoms with E-state index in [9.17, 15) is 0 Å². The zero-order valence-electron chi connectivity index (χ0n) is 19.6. The number of benzene rings is 2. The molecule has 0 bridgehead atoms. The van der Waals surface area contributed by atoms with Crippen molar-refractivity contribution < 1.29 is 9.47 Å². The second-order valence-corrected chi connectivity index (χ2v) is 7.46. The Morgan fingerprint density at radius 3 is 2.61 bits per heavy atom. The maximum absolute atomic E-state index is 5.94. The average molecular weight is 563 g/mol. The van der Waals surface area contributed by atoms with Gasteiger partial charge in [-0.05, 0) is 42.7 Å². The van der Waals surface area contributed by atoms with Gasteiger partial charge in [0.15, 0.2) is 5.96 Å². The van der Waals surface area contributed by atoms with Crippen LogP contribution < -0.4 is 15.4 Å². The van der Waals surface area contributed by atoms with Crippen molar-refractivity contribution in [3.8, 4) is 5.75 Å². The van der Waals surface area contributed by atoms with Crippen molar-refractivity contribution in [3.05, 3.63) is 83.2 Å². The summed E-state index contributed by atoms with van der Waals surface area (Å²) in [6.45, 7) is 7.91. The van der Waals surface area contributed by atoms with Crippen LogP contribution in [0.25, 0.3) is 0 Å². The highest BCUT2D eigenvalue weighted by Crippen LogP contribution is 2.20. The van der Waals surface area contributed by atoms with Gasteiger partial charge in [0.2, 0.25) is 0 Å². The first-order valence-electron chi connectivity index (χ1n) is 11.0. The number of aryl methyl sites for hydroxylation is 1. The Hall–Kier alpha value is -2.59. The predicted octanol–water partition coefficient (Wildman–Crippen LogP) is 4.14. The Morgan fingerprint density at radius 2 is 1.85 bits per heavy atom. The van der Waals surface area contributed by atoms with Crippen LogP contribution in [0.5, 0.6) is 5.75 Å². The van der Waals surface area contributed by atoms with E-state index in [4.69, 9.17) is 9.47 Å². The third-order valence-electron chi connectivity index (χ3n) is 4.94. The van der Waals surface area contributed by atoms with Crippen molar-refractivity contribution in [3.63, 3.8) is 0 Å². The summed E-state index contributed by atoms with van der Waals surface area (Å²) in [6.07, 6.45) is 3.77. The van der Waals surface area contributed by atoms with Gasteiger partial charge in [-0.3, -0.25) is 9.67 Å². The zero-order valence-corrected chi connectivity index (χ0v) is 21.9.